The molecule has 0 unspecified atom stereocenters. The summed E-state index contributed by atoms with van der Waals surface area (Å²) in [7, 11) is 0. The summed E-state index contributed by atoms with van der Waals surface area (Å²) in [6.45, 7) is 0.273. The number of fused-ring (bicyclic) bond motifs is 5. The molecule has 9 heteroatoms. The van der Waals surface area contributed by atoms with E-state index in [1.807, 2.05) is 0 Å². The zero-order chi connectivity index (χ0) is 18.9. The SMILES string of the molecule is O=C1[C@@H]2[C@H](C(=O)N1c1nn(Cc3c(Cl)cccc3Cl)cc1Cl)[C@@H]1CC[C@@H]2O1. The molecule has 27 heavy (non-hydrogen) atoms. The number of benzene rings is 1. The predicted octanol–water partition coefficient (Wildman–Crippen LogP) is 3.56. The molecule has 4 heterocycles. The van der Waals surface area contributed by atoms with E-state index in [4.69, 9.17) is 39.5 Å². The summed E-state index contributed by atoms with van der Waals surface area (Å²) in [4.78, 5) is 26.9. The van der Waals surface area contributed by atoms with Gasteiger partial charge in [-0.1, -0.05) is 40.9 Å². The number of halogens is 3. The Morgan fingerprint density at radius 1 is 1.00 bits per heavy atom. The quantitative estimate of drug-likeness (QED) is 0.704. The van der Waals surface area contributed by atoms with Gasteiger partial charge >= 0.3 is 0 Å². The van der Waals surface area contributed by atoms with Gasteiger partial charge in [-0.25, -0.2) is 4.90 Å². The zero-order valence-electron chi connectivity index (χ0n) is 13.9. The average molecular weight is 427 g/mol. The molecule has 3 aliphatic rings. The highest BCUT2D eigenvalue weighted by atomic mass is 35.5. The monoisotopic (exact) mass is 425 g/mol. The number of aromatic nitrogens is 2. The lowest BCUT2D eigenvalue weighted by molar-refractivity contribution is -0.124. The second-order valence-electron chi connectivity index (χ2n) is 7.05. The normalized spacial score (nSPS) is 29.1. The molecule has 1 aromatic carbocycles. The number of anilines is 1. The minimum Gasteiger partial charge on any atom is -0.373 e. The first-order chi connectivity index (χ1) is 13.0. The second-order valence-corrected chi connectivity index (χ2v) is 8.27. The van der Waals surface area contributed by atoms with Gasteiger partial charge in [0.2, 0.25) is 11.8 Å². The molecule has 0 saturated carbocycles. The number of hydrogen-bond donors (Lipinski definition) is 0. The lowest BCUT2D eigenvalue weighted by Crippen LogP contribution is -2.34. The number of imide groups is 1. The van der Waals surface area contributed by atoms with Crippen LogP contribution in [0.2, 0.25) is 15.1 Å². The molecule has 2 amide bonds. The topological polar surface area (TPSA) is 64.4 Å². The van der Waals surface area contributed by atoms with Crippen molar-refractivity contribution in [1.82, 2.24) is 9.78 Å². The molecule has 0 N–H and O–H groups in total. The Bertz CT molecular complexity index is 928. The molecule has 0 aliphatic carbocycles. The molecule has 5 rings (SSSR count). The van der Waals surface area contributed by atoms with Crippen LogP contribution in [-0.4, -0.2) is 33.8 Å². The van der Waals surface area contributed by atoms with Crippen molar-refractivity contribution in [3.63, 3.8) is 0 Å². The van der Waals surface area contributed by atoms with Crippen LogP contribution >= 0.6 is 34.8 Å². The van der Waals surface area contributed by atoms with Gasteiger partial charge in [-0.3, -0.25) is 14.3 Å². The van der Waals surface area contributed by atoms with Gasteiger partial charge in [-0.05, 0) is 25.0 Å². The summed E-state index contributed by atoms with van der Waals surface area (Å²) >= 11 is 18.7. The van der Waals surface area contributed by atoms with Crippen LogP contribution in [0.15, 0.2) is 24.4 Å². The molecular formula is C18H14Cl3N3O3. The molecule has 2 bridgehead atoms. The average Bonchev–Trinajstić information content (AvgIpc) is 3.36. The predicted molar refractivity (Wildman–Crippen MR) is 100 cm³/mol. The van der Waals surface area contributed by atoms with Crippen molar-refractivity contribution < 1.29 is 14.3 Å². The van der Waals surface area contributed by atoms with Crippen LogP contribution in [0.5, 0.6) is 0 Å². The molecule has 3 aliphatic heterocycles. The smallest absolute Gasteiger partial charge is 0.241 e. The first-order valence-electron chi connectivity index (χ1n) is 8.65. The number of hydrogen-bond acceptors (Lipinski definition) is 4. The van der Waals surface area contributed by atoms with E-state index >= 15 is 0 Å². The molecule has 4 atom stereocenters. The van der Waals surface area contributed by atoms with E-state index in [2.05, 4.69) is 5.10 Å². The van der Waals surface area contributed by atoms with Crippen molar-refractivity contribution in [1.29, 1.82) is 0 Å². The molecule has 6 nitrogen and oxygen atoms in total. The fourth-order valence-corrected chi connectivity index (χ4v) is 5.14. The first kappa shape index (κ1) is 17.5. The standard InChI is InChI=1S/C18H14Cl3N3O3/c19-9-2-1-3-10(20)8(9)6-23-7-11(21)16(22-23)24-17(25)14-12-4-5-13(27-12)15(14)18(24)26/h1-3,7,12-15H,4-6H2/t12-,13-,14-,15+/m0/s1. The lowest BCUT2D eigenvalue weighted by Gasteiger charge is -2.15. The van der Waals surface area contributed by atoms with Gasteiger partial charge in [-0.15, -0.1) is 0 Å². The minimum atomic E-state index is -0.421. The third-order valence-corrected chi connectivity index (χ3v) is 6.55. The number of carbonyl (C=O) groups is 2. The molecule has 0 spiro atoms. The van der Waals surface area contributed by atoms with Crippen molar-refractivity contribution in [2.45, 2.75) is 31.6 Å². The highest BCUT2D eigenvalue weighted by Gasteiger charge is 2.63. The highest BCUT2D eigenvalue weighted by Crippen LogP contribution is 2.49. The van der Waals surface area contributed by atoms with Gasteiger partial charge in [0.15, 0.2) is 5.82 Å². The molecule has 1 aromatic heterocycles. The van der Waals surface area contributed by atoms with Gasteiger partial charge < -0.3 is 4.74 Å². The van der Waals surface area contributed by atoms with E-state index in [1.54, 1.807) is 24.4 Å². The fraction of sp³-hybridized carbons (Fsp3) is 0.389. The Morgan fingerprint density at radius 3 is 2.19 bits per heavy atom. The number of rotatable bonds is 3. The molecule has 140 valence electrons. The van der Waals surface area contributed by atoms with Gasteiger partial charge in [0, 0.05) is 21.8 Å². The highest BCUT2D eigenvalue weighted by molar-refractivity contribution is 6.36. The van der Waals surface area contributed by atoms with E-state index in [1.165, 1.54) is 4.68 Å². The van der Waals surface area contributed by atoms with Crippen molar-refractivity contribution >= 4 is 52.4 Å². The summed E-state index contributed by atoms with van der Waals surface area (Å²) in [5.74, 6) is -1.24. The number of amides is 2. The van der Waals surface area contributed by atoms with E-state index < -0.39 is 11.8 Å². The van der Waals surface area contributed by atoms with Gasteiger partial charge in [-0.2, -0.15) is 5.10 Å². The van der Waals surface area contributed by atoms with Gasteiger partial charge in [0.25, 0.3) is 0 Å². The summed E-state index contributed by atoms with van der Waals surface area (Å²) in [5, 5.41) is 5.62. The zero-order valence-corrected chi connectivity index (χ0v) is 16.2. The molecule has 2 aromatic rings. The minimum absolute atomic E-state index is 0.156. The summed E-state index contributed by atoms with van der Waals surface area (Å²) in [6.07, 6.45) is 2.84. The van der Waals surface area contributed by atoms with Gasteiger partial charge in [0.05, 0.1) is 30.6 Å². The maximum absolute atomic E-state index is 12.9. The third kappa shape index (κ3) is 2.54. The Hall–Kier alpha value is -1.60. The Morgan fingerprint density at radius 2 is 1.59 bits per heavy atom. The van der Waals surface area contributed by atoms with Crippen LogP contribution in [0.1, 0.15) is 18.4 Å². The van der Waals surface area contributed by atoms with Gasteiger partial charge in [0.1, 0.15) is 5.02 Å². The number of nitrogens with zero attached hydrogens (tertiary/aromatic N) is 3. The van der Waals surface area contributed by atoms with E-state index in [0.29, 0.717) is 15.6 Å². The fourth-order valence-electron chi connectivity index (χ4n) is 4.39. The van der Waals surface area contributed by atoms with Crippen molar-refractivity contribution in [3.05, 3.63) is 45.0 Å². The molecule has 3 fully saturated rings. The number of carbonyl (C=O) groups excluding carboxylic acids is 2. The molecule has 0 radical (unpaired) electrons. The Balaban J connectivity index is 1.47. The summed E-state index contributed by atoms with van der Waals surface area (Å²) in [6, 6.07) is 5.23. The Kier molecular flexibility index (Phi) is 4.02. The van der Waals surface area contributed by atoms with Crippen molar-refractivity contribution in [2.24, 2.45) is 11.8 Å². The van der Waals surface area contributed by atoms with Crippen LogP contribution in [0.25, 0.3) is 0 Å². The number of ether oxygens (including phenoxy) is 1. The van der Waals surface area contributed by atoms with Crippen LogP contribution in [0, 0.1) is 11.8 Å². The Labute approximate surface area is 169 Å². The van der Waals surface area contributed by atoms with Crippen molar-refractivity contribution in [3.8, 4) is 0 Å². The largest absolute Gasteiger partial charge is 0.373 e. The molecule has 3 saturated heterocycles. The van der Waals surface area contributed by atoms with Crippen LogP contribution in [-0.2, 0) is 20.9 Å². The first-order valence-corrected chi connectivity index (χ1v) is 9.78. The van der Waals surface area contributed by atoms with E-state index in [9.17, 15) is 9.59 Å². The molecular weight excluding hydrogens is 413 g/mol. The van der Waals surface area contributed by atoms with Crippen LogP contribution in [0.3, 0.4) is 0 Å². The second kappa shape index (κ2) is 6.21. The van der Waals surface area contributed by atoms with Crippen LogP contribution in [0.4, 0.5) is 5.82 Å². The maximum Gasteiger partial charge on any atom is 0.241 e. The summed E-state index contributed by atoms with van der Waals surface area (Å²) < 4.78 is 7.28. The van der Waals surface area contributed by atoms with Crippen molar-refractivity contribution in [2.75, 3.05) is 4.90 Å². The van der Waals surface area contributed by atoms with E-state index in [-0.39, 0.29) is 41.4 Å². The van der Waals surface area contributed by atoms with E-state index in [0.717, 1.165) is 17.7 Å². The maximum atomic E-state index is 12.9. The van der Waals surface area contributed by atoms with Crippen LogP contribution < -0.4 is 4.90 Å². The third-order valence-electron chi connectivity index (χ3n) is 5.58. The lowest BCUT2D eigenvalue weighted by atomic mass is 9.81. The summed E-state index contributed by atoms with van der Waals surface area (Å²) in [5.41, 5.74) is 0.689.